The second-order valence-corrected chi connectivity index (χ2v) is 4.54. The summed E-state index contributed by atoms with van der Waals surface area (Å²) < 4.78 is 13.4. The average Bonchev–Trinajstić information content (AvgIpc) is 2.50. The summed E-state index contributed by atoms with van der Waals surface area (Å²) in [5.41, 5.74) is 0.654. The summed E-state index contributed by atoms with van der Waals surface area (Å²) >= 11 is 0. The van der Waals surface area contributed by atoms with Crippen molar-refractivity contribution in [3.05, 3.63) is 35.6 Å². The smallest absolute Gasteiger partial charge is 0.239 e. The van der Waals surface area contributed by atoms with E-state index in [9.17, 15) is 9.18 Å². The summed E-state index contributed by atoms with van der Waals surface area (Å²) in [5.74, 6) is 0.244. The molecule has 0 aliphatic heterocycles. The molecule has 3 N–H and O–H groups in total. The largest absolute Gasteiger partial charge is 0.356 e. The summed E-state index contributed by atoms with van der Waals surface area (Å²) in [6.45, 7) is 3.37. The predicted molar refractivity (Wildman–Crippen MR) is 82.8 cm³/mol. The third-order valence-corrected chi connectivity index (χ3v) is 2.86. The highest BCUT2D eigenvalue weighted by molar-refractivity contribution is 5.86. The highest BCUT2D eigenvalue weighted by atomic mass is 19.1. The number of aliphatic imine (C=N–C) groups is 1. The fourth-order valence-electron chi connectivity index (χ4n) is 1.73. The van der Waals surface area contributed by atoms with Crippen molar-refractivity contribution in [3.63, 3.8) is 0 Å². The first-order chi connectivity index (χ1) is 10.2. The van der Waals surface area contributed by atoms with Gasteiger partial charge in [0, 0.05) is 20.1 Å². The Morgan fingerprint density at radius 1 is 1.19 bits per heavy atom. The van der Waals surface area contributed by atoms with Crippen LogP contribution in [-0.4, -0.2) is 38.5 Å². The zero-order valence-corrected chi connectivity index (χ0v) is 12.6. The predicted octanol–water partition coefficient (Wildman–Crippen LogP) is 1.06. The minimum Gasteiger partial charge on any atom is -0.356 e. The lowest BCUT2D eigenvalue weighted by atomic mass is 10.1. The molecule has 0 saturated heterocycles. The van der Waals surface area contributed by atoms with Crippen LogP contribution in [0.15, 0.2) is 29.3 Å². The maximum atomic E-state index is 13.4. The minimum atomic E-state index is -0.207. The lowest BCUT2D eigenvalue weighted by Crippen LogP contribution is -2.43. The van der Waals surface area contributed by atoms with Gasteiger partial charge in [0.1, 0.15) is 5.82 Å². The molecule has 0 spiro atoms. The molecule has 0 radical (unpaired) electrons. The van der Waals surface area contributed by atoms with Crippen LogP contribution in [0.3, 0.4) is 0 Å². The highest BCUT2D eigenvalue weighted by Crippen LogP contribution is 2.05. The standard InChI is InChI=1S/C15H23FN4O/c1-3-9-18-14(21)11-20-15(17-2)19-10-8-12-6-4-5-7-13(12)16/h4-7H,3,8-11H2,1-2H3,(H,18,21)(H2,17,19,20). The molecule has 1 aromatic carbocycles. The van der Waals surface area contributed by atoms with E-state index in [2.05, 4.69) is 20.9 Å². The number of nitrogens with one attached hydrogen (secondary N) is 3. The van der Waals surface area contributed by atoms with E-state index in [4.69, 9.17) is 0 Å². The lowest BCUT2D eigenvalue weighted by Gasteiger charge is -2.12. The van der Waals surface area contributed by atoms with Gasteiger partial charge in [0.2, 0.25) is 5.91 Å². The van der Waals surface area contributed by atoms with Gasteiger partial charge in [-0.25, -0.2) is 4.39 Å². The number of benzene rings is 1. The first-order valence-electron chi connectivity index (χ1n) is 7.12. The number of hydrogen-bond acceptors (Lipinski definition) is 2. The Morgan fingerprint density at radius 3 is 2.62 bits per heavy atom. The average molecular weight is 294 g/mol. The van der Waals surface area contributed by atoms with E-state index < -0.39 is 0 Å². The molecular weight excluding hydrogens is 271 g/mol. The number of carbonyl (C=O) groups excluding carboxylic acids is 1. The molecule has 0 fully saturated rings. The second kappa shape index (κ2) is 9.74. The van der Waals surface area contributed by atoms with Crippen LogP contribution >= 0.6 is 0 Å². The fraction of sp³-hybridized carbons (Fsp3) is 0.467. The van der Waals surface area contributed by atoms with Crippen LogP contribution in [0, 0.1) is 5.82 Å². The Bertz CT molecular complexity index is 476. The fourth-order valence-corrected chi connectivity index (χ4v) is 1.73. The Hall–Kier alpha value is -2.11. The topological polar surface area (TPSA) is 65.5 Å². The molecule has 0 aliphatic rings. The Kier molecular flexibility index (Phi) is 7.86. The number of hydrogen-bond donors (Lipinski definition) is 3. The first-order valence-corrected chi connectivity index (χ1v) is 7.12. The molecule has 116 valence electrons. The molecule has 6 heteroatoms. The van der Waals surface area contributed by atoms with E-state index in [-0.39, 0.29) is 18.3 Å². The van der Waals surface area contributed by atoms with Gasteiger partial charge in [-0.15, -0.1) is 0 Å². The Labute approximate surface area is 125 Å². The Morgan fingerprint density at radius 2 is 1.95 bits per heavy atom. The maximum Gasteiger partial charge on any atom is 0.239 e. The van der Waals surface area contributed by atoms with Gasteiger partial charge in [-0.3, -0.25) is 9.79 Å². The van der Waals surface area contributed by atoms with Crippen molar-refractivity contribution in [2.24, 2.45) is 4.99 Å². The molecule has 0 heterocycles. The van der Waals surface area contributed by atoms with Gasteiger partial charge in [-0.2, -0.15) is 0 Å². The van der Waals surface area contributed by atoms with Gasteiger partial charge in [0.05, 0.1) is 6.54 Å². The van der Waals surface area contributed by atoms with Crippen LogP contribution in [0.5, 0.6) is 0 Å². The molecule has 0 bridgehead atoms. The van der Waals surface area contributed by atoms with Gasteiger partial charge in [0.15, 0.2) is 5.96 Å². The second-order valence-electron chi connectivity index (χ2n) is 4.54. The molecule has 0 aliphatic carbocycles. The molecule has 5 nitrogen and oxygen atoms in total. The number of carbonyl (C=O) groups is 1. The monoisotopic (exact) mass is 294 g/mol. The van der Waals surface area contributed by atoms with Crippen molar-refractivity contribution in [1.29, 1.82) is 0 Å². The maximum absolute atomic E-state index is 13.4. The normalized spacial score (nSPS) is 11.1. The van der Waals surface area contributed by atoms with Crippen LogP contribution in [0.4, 0.5) is 4.39 Å². The van der Waals surface area contributed by atoms with Crippen molar-refractivity contribution >= 4 is 11.9 Å². The summed E-state index contributed by atoms with van der Waals surface area (Å²) in [7, 11) is 1.63. The van der Waals surface area contributed by atoms with E-state index in [0.717, 1.165) is 6.42 Å². The van der Waals surface area contributed by atoms with Gasteiger partial charge in [0.25, 0.3) is 0 Å². The minimum absolute atomic E-state index is 0.0751. The molecular formula is C15H23FN4O. The van der Waals surface area contributed by atoms with E-state index in [1.807, 2.05) is 13.0 Å². The molecule has 1 aromatic rings. The molecule has 0 unspecified atom stereocenters. The zero-order valence-electron chi connectivity index (χ0n) is 12.6. The highest BCUT2D eigenvalue weighted by Gasteiger charge is 2.04. The zero-order chi connectivity index (χ0) is 15.5. The molecule has 0 atom stereocenters. The van der Waals surface area contributed by atoms with Gasteiger partial charge < -0.3 is 16.0 Å². The van der Waals surface area contributed by atoms with Crippen molar-refractivity contribution in [1.82, 2.24) is 16.0 Å². The van der Waals surface area contributed by atoms with Crippen LogP contribution in [0.1, 0.15) is 18.9 Å². The van der Waals surface area contributed by atoms with Gasteiger partial charge in [-0.1, -0.05) is 25.1 Å². The van der Waals surface area contributed by atoms with Crippen molar-refractivity contribution in [2.45, 2.75) is 19.8 Å². The summed E-state index contributed by atoms with van der Waals surface area (Å²) in [4.78, 5) is 15.5. The van der Waals surface area contributed by atoms with E-state index >= 15 is 0 Å². The third kappa shape index (κ3) is 6.74. The number of amides is 1. The van der Waals surface area contributed by atoms with Crippen LogP contribution < -0.4 is 16.0 Å². The molecule has 0 aromatic heterocycles. The van der Waals surface area contributed by atoms with Gasteiger partial charge in [-0.05, 0) is 24.5 Å². The third-order valence-electron chi connectivity index (χ3n) is 2.86. The molecule has 0 saturated carbocycles. The summed E-state index contributed by atoms with van der Waals surface area (Å²) in [5, 5.41) is 8.73. The van der Waals surface area contributed by atoms with Gasteiger partial charge >= 0.3 is 0 Å². The van der Waals surface area contributed by atoms with Crippen molar-refractivity contribution < 1.29 is 9.18 Å². The first kappa shape index (κ1) is 16.9. The van der Waals surface area contributed by atoms with Crippen molar-refractivity contribution in [3.8, 4) is 0 Å². The molecule has 1 rings (SSSR count). The summed E-state index contributed by atoms with van der Waals surface area (Å²) in [6, 6.07) is 6.68. The number of nitrogens with zero attached hydrogens (tertiary/aromatic N) is 1. The Balaban J connectivity index is 2.29. The number of halogens is 1. The quantitative estimate of drug-likeness (QED) is 0.520. The van der Waals surface area contributed by atoms with Crippen LogP contribution in [-0.2, 0) is 11.2 Å². The van der Waals surface area contributed by atoms with E-state index in [1.165, 1.54) is 6.07 Å². The number of rotatable bonds is 7. The van der Waals surface area contributed by atoms with E-state index in [1.54, 1.807) is 19.2 Å². The molecule has 21 heavy (non-hydrogen) atoms. The number of guanidine groups is 1. The lowest BCUT2D eigenvalue weighted by molar-refractivity contribution is -0.120. The van der Waals surface area contributed by atoms with Crippen LogP contribution in [0.2, 0.25) is 0 Å². The van der Waals surface area contributed by atoms with Crippen molar-refractivity contribution in [2.75, 3.05) is 26.7 Å². The molecule has 1 amide bonds. The SMILES string of the molecule is CCCNC(=O)CNC(=NC)NCCc1ccccc1F. The van der Waals surface area contributed by atoms with Crippen LogP contribution in [0.25, 0.3) is 0 Å². The summed E-state index contributed by atoms with van der Waals surface area (Å²) in [6.07, 6.45) is 1.46. The van der Waals surface area contributed by atoms with E-state index in [0.29, 0.717) is 31.0 Å².